The van der Waals surface area contributed by atoms with Gasteiger partial charge in [-0.25, -0.2) is 14.8 Å². The number of halogens is 1. The van der Waals surface area contributed by atoms with Crippen LogP contribution in [0.5, 0.6) is 5.75 Å². The quantitative estimate of drug-likeness (QED) is 0.386. The maximum absolute atomic E-state index is 12.6. The SMILES string of the molecule is COC(=O)Nc1ccnc(CCCc2cc3cc(Cl)c(OCc4ccccn4)cc3[nH]c2=O)n1. The van der Waals surface area contributed by atoms with Crippen LogP contribution in [0.25, 0.3) is 10.9 Å². The number of ether oxygens (including phenoxy) is 2. The summed E-state index contributed by atoms with van der Waals surface area (Å²) in [7, 11) is 1.28. The molecule has 0 atom stereocenters. The number of anilines is 1. The van der Waals surface area contributed by atoms with Crippen LogP contribution < -0.4 is 15.6 Å². The fourth-order valence-corrected chi connectivity index (χ4v) is 3.59. The average molecular weight is 480 g/mol. The second kappa shape index (κ2) is 10.8. The van der Waals surface area contributed by atoms with Crippen LogP contribution in [0.1, 0.15) is 23.5 Å². The van der Waals surface area contributed by atoms with Gasteiger partial charge in [0.25, 0.3) is 5.56 Å². The van der Waals surface area contributed by atoms with Crippen molar-refractivity contribution in [3.8, 4) is 5.75 Å². The lowest BCUT2D eigenvalue weighted by Gasteiger charge is -2.10. The molecule has 4 rings (SSSR count). The third kappa shape index (κ3) is 5.87. The zero-order valence-corrected chi connectivity index (χ0v) is 19.1. The van der Waals surface area contributed by atoms with E-state index >= 15 is 0 Å². The largest absolute Gasteiger partial charge is 0.486 e. The van der Waals surface area contributed by atoms with Gasteiger partial charge >= 0.3 is 6.09 Å². The number of aryl methyl sites for hydroxylation is 2. The van der Waals surface area contributed by atoms with Crippen molar-refractivity contribution in [2.24, 2.45) is 0 Å². The number of carbonyl (C=O) groups is 1. The van der Waals surface area contributed by atoms with Crippen LogP contribution in [0.3, 0.4) is 0 Å². The number of methoxy groups -OCH3 is 1. The van der Waals surface area contributed by atoms with Crippen LogP contribution in [0.2, 0.25) is 5.02 Å². The normalized spacial score (nSPS) is 10.8. The van der Waals surface area contributed by atoms with E-state index in [1.54, 1.807) is 30.6 Å². The van der Waals surface area contributed by atoms with Gasteiger partial charge in [0.2, 0.25) is 0 Å². The molecule has 0 aliphatic carbocycles. The van der Waals surface area contributed by atoms with Gasteiger partial charge in [-0.2, -0.15) is 0 Å². The van der Waals surface area contributed by atoms with Gasteiger partial charge in [0.1, 0.15) is 24.0 Å². The Morgan fingerprint density at radius 2 is 2.00 bits per heavy atom. The molecular weight excluding hydrogens is 458 g/mol. The van der Waals surface area contributed by atoms with Gasteiger partial charge in [0, 0.05) is 35.8 Å². The molecule has 0 aliphatic rings. The summed E-state index contributed by atoms with van der Waals surface area (Å²) in [5.74, 6) is 1.39. The molecular formula is C24H22ClN5O4. The lowest BCUT2D eigenvalue weighted by atomic mass is 10.1. The molecule has 0 bridgehead atoms. The number of pyridine rings is 2. The highest BCUT2D eigenvalue weighted by atomic mass is 35.5. The number of hydrogen-bond acceptors (Lipinski definition) is 7. The zero-order chi connectivity index (χ0) is 23.9. The predicted octanol–water partition coefficient (Wildman–Crippen LogP) is 4.30. The maximum Gasteiger partial charge on any atom is 0.412 e. The molecule has 0 radical (unpaired) electrons. The molecule has 3 heterocycles. The first kappa shape index (κ1) is 23.2. The van der Waals surface area contributed by atoms with Crippen molar-refractivity contribution in [2.75, 3.05) is 12.4 Å². The van der Waals surface area contributed by atoms with E-state index in [2.05, 4.69) is 30.0 Å². The van der Waals surface area contributed by atoms with E-state index in [-0.39, 0.29) is 12.2 Å². The number of aromatic nitrogens is 4. The van der Waals surface area contributed by atoms with Crippen LogP contribution in [-0.4, -0.2) is 33.1 Å². The van der Waals surface area contributed by atoms with E-state index in [9.17, 15) is 9.59 Å². The molecule has 0 saturated heterocycles. The monoisotopic (exact) mass is 479 g/mol. The molecule has 10 heteroatoms. The first-order valence-electron chi connectivity index (χ1n) is 10.6. The highest BCUT2D eigenvalue weighted by molar-refractivity contribution is 6.32. The van der Waals surface area contributed by atoms with Crippen LogP contribution in [0.4, 0.5) is 10.6 Å². The van der Waals surface area contributed by atoms with Crippen molar-refractivity contribution in [2.45, 2.75) is 25.9 Å². The Bertz CT molecular complexity index is 1360. The van der Waals surface area contributed by atoms with Gasteiger partial charge in [-0.15, -0.1) is 0 Å². The number of nitrogens with one attached hydrogen (secondary N) is 2. The Morgan fingerprint density at radius 1 is 1.12 bits per heavy atom. The Balaban J connectivity index is 1.42. The van der Waals surface area contributed by atoms with E-state index in [0.29, 0.717) is 52.8 Å². The Hall–Kier alpha value is -3.98. The number of aromatic amines is 1. The highest BCUT2D eigenvalue weighted by Crippen LogP contribution is 2.29. The third-order valence-corrected chi connectivity index (χ3v) is 5.34. The fraction of sp³-hybridized carbons (Fsp3) is 0.208. The van der Waals surface area contributed by atoms with Crippen molar-refractivity contribution >= 4 is 34.4 Å². The summed E-state index contributed by atoms with van der Waals surface area (Å²) in [5, 5.41) is 3.76. The summed E-state index contributed by atoms with van der Waals surface area (Å²) < 4.78 is 10.4. The minimum absolute atomic E-state index is 0.174. The van der Waals surface area contributed by atoms with Crippen LogP contribution >= 0.6 is 11.6 Å². The molecule has 2 N–H and O–H groups in total. The van der Waals surface area contributed by atoms with E-state index in [4.69, 9.17) is 16.3 Å². The Kier molecular flexibility index (Phi) is 7.34. The number of nitrogens with zero attached hydrogens (tertiary/aromatic N) is 3. The second-order valence-electron chi connectivity index (χ2n) is 7.43. The Labute approximate surface area is 200 Å². The standard InChI is InChI=1S/C24H22ClN5O4/c1-33-24(32)30-22-8-10-27-21(29-22)7-4-5-15-11-16-12-18(25)20(13-19(16)28-23(15)31)34-14-17-6-2-3-9-26-17/h2-3,6,8-13H,4-5,7,14H2,1H3,(H,28,31)(H,27,29,30,32). The lowest BCUT2D eigenvalue weighted by molar-refractivity contribution is 0.187. The van der Waals surface area contributed by atoms with Crippen LogP contribution in [-0.2, 0) is 24.2 Å². The molecule has 34 heavy (non-hydrogen) atoms. The third-order valence-electron chi connectivity index (χ3n) is 5.04. The Morgan fingerprint density at radius 3 is 2.79 bits per heavy atom. The number of fused-ring (bicyclic) bond motifs is 1. The molecule has 1 amide bonds. The van der Waals surface area contributed by atoms with Gasteiger partial charge in [-0.1, -0.05) is 17.7 Å². The zero-order valence-electron chi connectivity index (χ0n) is 18.4. The predicted molar refractivity (Wildman–Crippen MR) is 128 cm³/mol. The van der Waals surface area contributed by atoms with Crippen LogP contribution in [0, 0.1) is 0 Å². The molecule has 0 aliphatic heterocycles. The smallest absolute Gasteiger partial charge is 0.412 e. The van der Waals surface area contributed by atoms with Crippen molar-refractivity contribution in [3.05, 3.63) is 87.3 Å². The lowest BCUT2D eigenvalue weighted by Crippen LogP contribution is -2.14. The molecule has 0 saturated carbocycles. The number of hydrogen-bond donors (Lipinski definition) is 2. The first-order valence-corrected chi connectivity index (χ1v) is 10.9. The van der Waals surface area contributed by atoms with Crippen molar-refractivity contribution in [3.63, 3.8) is 0 Å². The second-order valence-corrected chi connectivity index (χ2v) is 7.84. The van der Waals surface area contributed by atoms with Gasteiger partial charge < -0.3 is 14.5 Å². The molecule has 3 aromatic heterocycles. The first-order chi connectivity index (χ1) is 16.5. The van der Waals surface area contributed by atoms with Gasteiger partial charge in [0.05, 0.1) is 23.3 Å². The molecule has 0 spiro atoms. The van der Waals surface area contributed by atoms with Gasteiger partial charge in [-0.3, -0.25) is 15.1 Å². The molecule has 4 aromatic rings. The topological polar surface area (TPSA) is 119 Å². The summed E-state index contributed by atoms with van der Waals surface area (Å²) in [6.45, 7) is 0.271. The van der Waals surface area contributed by atoms with Crippen molar-refractivity contribution in [1.29, 1.82) is 0 Å². The molecule has 0 unspecified atom stereocenters. The number of carbonyl (C=O) groups excluding carboxylic acids is 1. The summed E-state index contributed by atoms with van der Waals surface area (Å²) in [5.41, 5.74) is 1.87. The molecule has 0 fully saturated rings. The van der Waals surface area contributed by atoms with E-state index in [1.807, 2.05) is 24.3 Å². The number of amides is 1. The van der Waals surface area contributed by atoms with E-state index in [1.165, 1.54) is 7.11 Å². The van der Waals surface area contributed by atoms with Gasteiger partial charge in [-0.05, 0) is 43.2 Å². The van der Waals surface area contributed by atoms with E-state index in [0.717, 1.165) is 11.1 Å². The fourth-order valence-electron chi connectivity index (χ4n) is 3.37. The highest BCUT2D eigenvalue weighted by Gasteiger charge is 2.10. The number of benzene rings is 1. The van der Waals surface area contributed by atoms with Gasteiger partial charge in [0.15, 0.2) is 0 Å². The summed E-state index contributed by atoms with van der Waals surface area (Å²) in [6, 6.07) is 12.5. The summed E-state index contributed by atoms with van der Waals surface area (Å²) in [4.78, 5) is 39.6. The summed E-state index contributed by atoms with van der Waals surface area (Å²) in [6.07, 6.45) is 4.37. The van der Waals surface area contributed by atoms with Crippen molar-refractivity contribution in [1.82, 2.24) is 19.9 Å². The van der Waals surface area contributed by atoms with Crippen LogP contribution in [0.15, 0.2) is 59.7 Å². The minimum Gasteiger partial charge on any atom is -0.486 e. The molecule has 1 aromatic carbocycles. The maximum atomic E-state index is 12.6. The average Bonchev–Trinajstić information content (AvgIpc) is 2.84. The number of H-pyrrole nitrogens is 1. The van der Waals surface area contributed by atoms with Crippen molar-refractivity contribution < 1.29 is 14.3 Å². The van der Waals surface area contributed by atoms with E-state index < -0.39 is 6.09 Å². The molecule has 174 valence electrons. The minimum atomic E-state index is -0.601. The summed E-state index contributed by atoms with van der Waals surface area (Å²) >= 11 is 6.41. The molecule has 9 nitrogen and oxygen atoms in total. The number of rotatable bonds is 8.